The molecule has 0 radical (unpaired) electrons. The first-order chi connectivity index (χ1) is 11.4. The summed E-state index contributed by atoms with van der Waals surface area (Å²) >= 11 is 0. The Balaban J connectivity index is 1.86. The van der Waals surface area contributed by atoms with Crippen molar-refractivity contribution in [3.8, 4) is 5.75 Å². The largest absolute Gasteiger partial charge is 0.449 e. The van der Waals surface area contributed by atoms with E-state index in [9.17, 15) is 4.79 Å². The number of hydrogen-bond acceptors (Lipinski definition) is 3. The first-order valence-corrected chi connectivity index (χ1v) is 11.9. The standard InChI is InChI=1S/C19H21NO3Si/c1-24(2,3)13-20-17-15-11-7-8-12-16(15)22-19(23-17,18(20)21)14-9-5-4-6-10-14/h4-12,17H,13H2,1-3H3/t17-,19-/m0/s1. The van der Waals surface area contributed by atoms with Crippen molar-refractivity contribution >= 4 is 14.0 Å². The summed E-state index contributed by atoms with van der Waals surface area (Å²) < 4.78 is 12.4. The second-order valence-corrected chi connectivity index (χ2v) is 13.0. The zero-order chi connectivity index (χ0) is 16.9. The summed E-state index contributed by atoms with van der Waals surface area (Å²) in [7, 11) is -1.51. The quantitative estimate of drug-likeness (QED) is 0.801. The number of benzene rings is 2. The lowest BCUT2D eigenvalue weighted by atomic mass is 10.0. The summed E-state index contributed by atoms with van der Waals surface area (Å²) in [5.74, 6) is -0.735. The predicted octanol–water partition coefficient (Wildman–Crippen LogP) is 3.67. The summed E-state index contributed by atoms with van der Waals surface area (Å²) in [6.45, 7) is 6.76. The summed E-state index contributed by atoms with van der Waals surface area (Å²) in [5, 5.41) is 0. The zero-order valence-corrected chi connectivity index (χ0v) is 15.2. The van der Waals surface area contributed by atoms with E-state index in [0.717, 1.165) is 23.0 Å². The minimum atomic E-state index is -1.51. The Morgan fingerprint density at radius 2 is 1.71 bits per heavy atom. The molecule has 0 saturated carbocycles. The van der Waals surface area contributed by atoms with Crippen LogP contribution in [0.5, 0.6) is 5.75 Å². The maximum absolute atomic E-state index is 13.4. The van der Waals surface area contributed by atoms with Crippen LogP contribution in [0.1, 0.15) is 17.4 Å². The van der Waals surface area contributed by atoms with E-state index in [4.69, 9.17) is 9.47 Å². The number of para-hydroxylation sites is 1. The molecule has 0 unspecified atom stereocenters. The van der Waals surface area contributed by atoms with Gasteiger partial charge in [0.05, 0.1) is 8.07 Å². The van der Waals surface area contributed by atoms with Crippen molar-refractivity contribution in [3.05, 3.63) is 65.7 Å². The number of carbonyl (C=O) groups excluding carboxylic acids is 1. The monoisotopic (exact) mass is 339 g/mol. The SMILES string of the molecule is C[Si](C)(C)CN1C(=O)[C@@]2(c3ccccc3)Oc3ccccc3[C@@H]1O2. The highest BCUT2D eigenvalue weighted by Crippen LogP contribution is 2.51. The molecular formula is C19H21NO3Si. The minimum absolute atomic E-state index is 0.0997. The Kier molecular flexibility index (Phi) is 3.34. The number of ether oxygens (including phenoxy) is 2. The van der Waals surface area contributed by atoms with Crippen LogP contribution in [-0.4, -0.2) is 25.0 Å². The topological polar surface area (TPSA) is 38.8 Å². The third-order valence-electron chi connectivity index (χ3n) is 4.34. The third kappa shape index (κ3) is 2.27. The molecule has 4 rings (SSSR count). The van der Waals surface area contributed by atoms with E-state index in [2.05, 4.69) is 19.6 Å². The molecule has 4 nitrogen and oxygen atoms in total. The molecule has 2 aliphatic heterocycles. The normalized spacial score (nSPS) is 25.4. The van der Waals surface area contributed by atoms with Crippen LogP contribution >= 0.6 is 0 Å². The Morgan fingerprint density at radius 3 is 2.42 bits per heavy atom. The van der Waals surface area contributed by atoms with E-state index >= 15 is 0 Å². The first kappa shape index (κ1) is 15.4. The first-order valence-electron chi connectivity index (χ1n) is 8.23. The van der Waals surface area contributed by atoms with E-state index in [1.807, 2.05) is 59.5 Å². The van der Waals surface area contributed by atoms with Gasteiger partial charge in [0.25, 0.3) is 0 Å². The summed E-state index contributed by atoms with van der Waals surface area (Å²) in [6.07, 6.45) is 0.359. The van der Waals surface area contributed by atoms with E-state index in [1.165, 1.54) is 0 Å². The molecular weight excluding hydrogens is 318 g/mol. The van der Waals surface area contributed by atoms with Crippen molar-refractivity contribution < 1.29 is 14.3 Å². The Morgan fingerprint density at radius 1 is 1.04 bits per heavy atom. The molecule has 2 bridgehead atoms. The Labute approximate surface area is 143 Å². The fourth-order valence-corrected chi connectivity index (χ4v) is 4.70. The van der Waals surface area contributed by atoms with Gasteiger partial charge in [-0.3, -0.25) is 4.79 Å². The maximum atomic E-state index is 13.4. The fourth-order valence-electron chi connectivity index (χ4n) is 3.37. The molecule has 2 aromatic carbocycles. The van der Waals surface area contributed by atoms with Crippen molar-refractivity contribution in [2.75, 3.05) is 6.17 Å². The molecule has 2 aliphatic rings. The molecule has 1 fully saturated rings. The smallest absolute Gasteiger partial charge is 0.320 e. The van der Waals surface area contributed by atoms with Crippen molar-refractivity contribution in [3.63, 3.8) is 0 Å². The number of fused-ring (bicyclic) bond motifs is 4. The van der Waals surface area contributed by atoms with Crippen LogP contribution in [-0.2, 0) is 15.3 Å². The predicted molar refractivity (Wildman–Crippen MR) is 94.1 cm³/mol. The second kappa shape index (κ2) is 5.19. The number of hydrogen-bond donors (Lipinski definition) is 0. The molecule has 1 amide bonds. The number of nitrogens with zero attached hydrogens (tertiary/aromatic N) is 1. The van der Waals surface area contributed by atoms with Gasteiger partial charge in [-0.25, -0.2) is 0 Å². The number of rotatable bonds is 3. The maximum Gasteiger partial charge on any atom is 0.320 e. The summed E-state index contributed by atoms with van der Waals surface area (Å²) in [5.41, 5.74) is 1.67. The van der Waals surface area contributed by atoms with Crippen molar-refractivity contribution in [1.29, 1.82) is 0 Å². The van der Waals surface area contributed by atoms with Crippen molar-refractivity contribution in [2.45, 2.75) is 31.7 Å². The molecule has 2 atom stereocenters. The molecule has 2 aromatic rings. The Hall–Kier alpha value is -2.11. The van der Waals surface area contributed by atoms with Crippen LogP contribution in [0.2, 0.25) is 19.6 Å². The molecule has 0 aliphatic carbocycles. The lowest BCUT2D eigenvalue weighted by Gasteiger charge is -2.32. The Bertz CT molecular complexity index is 787. The molecule has 0 N–H and O–H groups in total. The van der Waals surface area contributed by atoms with E-state index in [-0.39, 0.29) is 12.1 Å². The van der Waals surface area contributed by atoms with E-state index in [1.54, 1.807) is 0 Å². The van der Waals surface area contributed by atoms with Crippen LogP contribution in [0, 0.1) is 0 Å². The minimum Gasteiger partial charge on any atom is -0.449 e. The van der Waals surface area contributed by atoms with Gasteiger partial charge in [0.15, 0.2) is 6.23 Å². The van der Waals surface area contributed by atoms with E-state index < -0.39 is 13.9 Å². The van der Waals surface area contributed by atoms with Gasteiger partial charge in [-0.05, 0) is 6.07 Å². The van der Waals surface area contributed by atoms with Crippen LogP contribution in [0.4, 0.5) is 0 Å². The van der Waals surface area contributed by atoms with Gasteiger partial charge in [0, 0.05) is 17.3 Å². The van der Waals surface area contributed by atoms with Crippen LogP contribution in [0.25, 0.3) is 0 Å². The summed E-state index contributed by atoms with van der Waals surface area (Å²) in [6, 6.07) is 17.3. The highest BCUT2D eigenvalue weighted by atomic mass is 28.3. The van der Waals surface area contributed by atoms with Gasteiger partial charge in [-0.15, -0.1) is 0 Å². The number of amides is 1. The third-order valence-corrected chi connectivity index (χ3v) is 5.63. The molecule has 24 heavy (non-hydrogen) atoms. The zero-order valence-electron chi connectivity index (χ0n) is 14.2. The van der Waals surface area contributed by atoms with E-state index in [0.29, 0.717) is 0 Å². The van der Waals surface area contributed by atoms with Gasteiger partial charge in [0.2, 0.25) is 0 Å². The van der Waals surface area contributed by atoms with Crippen molar-refractivity contribution in [2.24, 2.45) is 0 Å². The van der Waals surface area contributed by atoms with Gasteiger partial charge in [0.1, 0.15) is 5.75 Å². The lowest BCUT2D eigenvalue weighted by Crippen LogP contribution is -2.46. The average molecular weight is 339 g/mol. The highest BCUT2D eigenvalue weighted by molar-refractivity contribution is 6.76. The number of carbonyl (C=O) groups is 1. The second-order valence-electron chi connectivity index (χ2n) is 7.59. The average Bonchev–Trinajstić information content (AvgIpc) is 2.78. The van der Waals surface area contributed by atoms with Crippen molar-refractivity contribution in [1.82, 2.24) is 4.90 Å². The molecule has 5 heteroatoms. The molecule has 0 spiro atoms. The van der Waals surface area contributed by atoms with Gasteiger partial charge in [-0.2, -0.15) is 0 Å². The highest BCUT2D eigenvalue weighted by Gasteiger charge is 2.61. The van der Waals surface area contributed by atoms with Gasteiger partial charge >= 0.3 is 11.7 Å². The van der Waals surface area contributed by atoms with Gasteiger partial charge < -0.3 is 14.4 Å². The van der Waals surface area contributed by atoms with Crippen LogP contribution in [0.15, 0.2) is 54.6 Å². The molecule has 124 valence electrons. The molecule has 2 heterocycles. The van der Waals surface area contributed by atoms with Crippen LogP contribution in [0.3, 0.4) is 0 Å². The van der Waals surface area contributed by atoms with Crippen LogP contribution < -0.4 is 4.74 Å². The lowest BCUT2D eigenvalue weighted by molar-refractivity contribution is -0.201. The fraction of sp³-hybridized carbons (Fsp3) is 0.316. The molecule has 1 saturated heterocycles. The molecule has 0 aromatic heterocycles. The van der Waals surface area contributed by atoms with Gasteiger partial charge in [-0.1, -0.05) is 68.2 Å². The summed E-state index contributed by atoms with van der Waals surface area (Å²) in [4.78, 5) is 15.2.